The van der Waals surface area contributed by atoms with Crippen molar-refractivity contribution in [1.29, 1.82) is 0 Å². The molecule has 0 aliphatic carbocycles. The van der Waals surface area contributed by atoms with Crippen LogP contribution in [0.15, 0.2) is 81.7 Å². The Kier molecular flexibility index (Phi) is 9.37. The number of carbonyl (C=O) groups excluding carboxylic acids is 1. The summed E-state index contributed by atoms with van der Waals surface area (Å²) >= 11 is 12.1. The average Bonchev–Trinajstić information content (AvgIpc) is 3.23. The Morgan fingerprint density at radius 1 is 1.10 bits per heavy atom. The van der Waals surface area contributed by atoms with Crippen LogP contribution in [0.3, 0.4) is 0 Å². The van der Waals surface area contributed by atoms with Gasteiger partial charge in [0.15, 0.2) is 4.80 Å². The first-order valence-corrected chi connectivity index (χ1v) is 16.1. The van der Waals surface area contributed by atoms with Gasteiger partial charge in [0, 0.05) is 10.6 Å². The first-order chi connectivity index (χ1) is 19.7. The van der Waals surface area contributed by atoms with Crippen LogP contribution < -0.4 is 19.6 Å². The van der Waals surface area contributed by atoms with E-state index in [1.165, 1.54) is 11.3 Å². The molecule has 10 heteroatoms. The molecule has 1 atom stereocenters. The summed E-state index contributed by atoms with van der Waals surface area (Å²) in [6, 6.07) is 18.8. The van der Waals surface area contributed by atoms with E-state index in [9.17, 15) is 9.59 Å². The summed E-state index contributed by atoms with van der Waals surface area (Å²) in [5.74, 6) is 0.295. The SMILES string of the molecule is CCOC(=O)C1=C(C)N=c2s/c(=C/c3cc(I)c(OCc4ccccc4Cl)c(I)c3)c(=O)n2[C@@H]1c1ccc(C)cc1. The molecule has 0 unspecified atom stereocenters. The summed E-state index contributed by atoms with van der Waals surface area (Å²) in [5.41, 5.74) is 4.39. The van der Waals surface area contributed by atoms with E-state index in [4.69, 9.17) is 21.1 Å². The van der Waals surface area contributed by atoms with Crippen LogP contribution in [0, 0.1) is 14.1 Å². The monoisotopic (exact) mass is 810 g/mol. The molecule has 0 saturated heterocycles. The second kappa shape index (κ2) is 12.8. The molecule has 0 bridgehead atoms. The van der Waals surface area contributed by atoms with Crippen molar-refractivity contribution < 1.29 is 14.3 Å². The number of thiazole rings is 1. The number of ether oxygens (including phenoxy) is 2. The second-order valence-corrected chi connectivity index (χ2v) is 13.1. The molecule has 0 radical (unpaired) electrons. The minimum atomic E-state index is -0.631. The summed E-state index contributed by atoms with van der Waals surface area (Å²) in [5, 5.41) is 0.662. The summed E-state index contributed by atoms with van der Waals surface area (Å²) in [6.07, 6.45) is 1.86. The summed E-state index contributed by atoms with van der Waals surface area (Å²) in [4.78, 5) is 32.2. The number of halogens is 3. The molecule has 0 amide bonds. The number of hydrogen-bond acceptors (Lipinski definition) is 6. The van der Waals surface area contributed by atoms with Gasteiger partial charge in [-0.05, 0) is 101 Å². The van der Waals surface area contributed by atoms with Crippen LogP contribution in [0.25, 0.3) is 6.08 Å². The van der Waals surface area contributed by atoms with E-state index in [1.54, 1.807) is 18.4 Å². The van der Waals surface area contributed by atoms with E-state index in [0.717, 1.165) is 35.1 Å². The summed E-state index contributed by atoms with van der Waals surface area (Å²) in [7, 11) is 0. The maximum absolute atomic E-state index is 13.9. The second-order valence-electron chi connectivity index (χ2n) is 9.41. The molecule has 5 rings (SSSR count). The van der Waals surface area contributed by atoms with Gasteiger partial charge in [-0.3, -0.25) is 9.36 Å². The number of benzene rings is 3. The Morgan fingerprint density at radius 3 is 2.44 bits per heavy atom. The molecule has 210 valence electrons. The predicted octanol–water partition coefficient (Wildman–Crippen LogP) is 6.55. The minimum Gasteiger partial charge on any atom is -0.487 e. The molecule has 0 spiro atoms. The number of allylic oxidation sites excluding steroid dienone is 1. The van der Waals surface area contributed by atoms with Crippen molar-refractivity contribution in [2.45, 2.75) is 33.4 Å². The number of hydrogen-bond donors (Lipinski definition) is 0. The van der Waals surface area contributed by atoms with Gasteiger partial charge >= 0.3 is 5.97 Å². The number of carbonyl (C=O) groups is 1. The number of esters is 1. The highest BCUT2D eigenvalue weighted by Crippen LogP contribution is 2.32. The summed E-state index contributed by atoms with van der Waals surface area (Å²) < 4.78 is 15.5. The average molecular weight is 811 g/mol. The van der Waals surface area contributed by atoms with Crippen molar-refractivity contribution in [3.63, 3.8) is 0 Å². The van der Waals surface area contributed by atoms with Gasteiger partial charge in [-0.15, -0.1) is 0 Å². The van der Waals surface area contributed by atoms with E-state index in [1.807, 2.05) is 73.7 Å². The van der Waals surface area contributed by atoms with Crippen molar-refractivity contribution in [3.05, 3.63) is 126 Å². The van der Waals surface area contributed by atoms with E-state index >= 15 is 0 Å². The van der Waals surface area contributed by atoms with Gasteiger partial charge in [0.25, 0.3) is 5.56 Å². The van der Waals surface area contributed by atoms with Gasteiger partial charge in [0.05, 0.1) is 35.6 Å². The largest absolute Gasteiger partial charge is 0.487 e. The molecule has 2 heterocycles. The van der Waals surface area contributed by atoms with Crippen LogP contribution in [0.2, 0.25) is 5.02 Å². The van der Waals surface area contributed by atoms with Gasteiger partial charge in [-0.2, -0.15) is 0 Å². The van der Waals surface area contributed by atoms with E-state index in [2.05, 4.69) is 50.2 Å². The lowest BCUT2D eigenvalue weighted by molar-refractivity contribution is -0.139. The van der Waals surface area contributed by atoms with E-state index < -0.39 is 12.0 Å². The van der Waals surface area contributed by atoms with Crippen molar-refractivity contribution in [2.75, 3.05) is 6.61 Å². The third-order valence-corrected chi connectivity index (χ3v) is 9.51. The molecule has 1 aromatic heterocycles. The highest BCUT2D eigenvalue weighted by Gasteiger charge is 2.33. The molecule has 41 heavy (non-hydrogen) atoms. The maximum atomic E-state index is 13.9. The fourth-order valence-corrected chi connectivity index (χ4v) is 7.94. The van der Waals surface area contributed by atoms with Crippen LogP contribution in [0.1, 0.15) is 42.1 Å². The number of aromatic nitrogens is 1. The first-order valence-electron chi connectivity index (χ1n) is 12.8. The normalized spacial score (nSPS) is 15.0. The molecule has 4 aromatic rings. The highest BCUT2D eigenvalue weighted by molar-refractivity contribution is 14.1. The van der Waals surface area contributed by atoms with Gasteiger partial charge < -0.3 is 9.47 Å². The van der Waals surface area contributed by atoms with Crippen LogP contribution in [-0.4, -0.2) is 17.1 Å². The lowest BCUT2D eigenvalue weighted by Crippen LogP contribution is -2.39. The van der Waals surface area contributed by atoms with Crippen LogP contribution >= 0.6 is 68.1 Å². The topological polar surface area (TPSA) is 69.9 Å². The molecule has 1 aliphatic heterocycles. The van der Waals surface area contributed by atoms with Crippen molar-refractivity contribution in [3.8, 4) is 5.75 Å². The molecule has 0 fully saturated rings. The lowest BCUT2D eigenvalue weighted by Gasteiger charge is -2.24. The van der Waals surface area contributed by atoms with Gasteiger partial charge in [0.2, 0.25) is 0 Å². The molecule has 3 aromatic carbocycles. The lowest BCUT2D eigenvalue weighted by atomic mass is 9.95. The van der Waals surface area contributed by atoms with Crippen molar-refractivity contribution >= 4 is 80.2 Å². The number of rotatable bonds is 7. The number of fused-ring (bicyclic) bond motifs is 1. The zero-order valence-corrected chi connectivity index (χ0v) is 28.3. The maximum Gasteiger partial charge on any atom is 0.338 e. The van der Waals surface area contributed by atoms with E-state index in [-0.39, 0.29) is 12.2 Å². The summed E-state index contributed by atoms with van der Waals surface area (Å²) in [6.45, 7) is 6.13. The highest BCUT2D eigenvalue weighted by atomic mass is 127. The molecular formula is C31H25ClI2N2O4S. The van der Waals surface area contributed by atoms with Crippen LogP contribution in [-0.2, 0) is 16.1 Å². The Bertz CT molecular complexity index is 1840. The Labute approximate surface area is 273 Å². The molecule has 0 N–H and O–H groups in total. The Morgan fingerprint density at radius 2 is 1.78 bits per heavy atom. The predicted molar refractivity (Wildman–Crippen MR) is 179 cm³/mol. The third kappa shape index (κ3) is 6.32. The standard InChI is InChI=1S/C31H25ClI2N2O4S/c1-4-39-30(38)26-18(3)35-31-36(27(26)20-11-9-17(2)10-12-20)29(37)25(41-31)15-19-13-23(33)28(24(34)14-19)40-16-21-7-5-6-8-22(21)32/h5-15,27H,4,16H2,1-3H3/b25-15+/t27-/m1/s1. The smallest absolute Gasteiger partial charge is 0.338 e. The van der Waals surface area contributed by atoms with Gasteiger partial charge in [-0.25, -0.2) is 9.79 Å². The number of nitrogens with zero attached hydrogens (tertiary/aromatic N) is 2. The third-order valence-electron chi connectivity index (χ3n) is 6.56. The molecular weight excluding hydrogens is 786 g/mol. The van der Waals surface area contributed by atoms with Gasteiger partial charge in [0.1, 0.15) is 12.4 Å². The fraction of sp³-hybridized carbons (Fsp3) is 0.194. The zero-order chi connectivity index (χ0) is 29.3. The molecule has 1 aliphatic rings. The zero-order valence-electron chi connectivity index (χ0n) is 22.4. The molecule has 0 saturated carbocycles. The minimum absolute atomic E-state index is 0.210. The fourth-order valence-electron chi connectivity index (χ4n) is 4.57. The quantitative estimate of drug-likeness (QED) is 0.157. The number of aryl methyl sites for hydroxylation is 1. The first kappa shape index (κ1) is 30.0. The van der Waals surface area contributed by atoms with Crippen LogP contribution in [0.5, 0.6) is 5.75 Å². The van der Waals surface area contributed by atoms with Crippen molar-refractivity contribution in [1.82, 2.24) is 4.57 Å². The van der Waals surface area contributed by atoms with Gasteiger partial charge in [-0.1, -0.05) is 71.0 Å². The molecule has 6 nitrogen and oxygen atoms in total. The van der Waals surface area contributed by atoms with Crippen LogP contribution in [0.4, 0.5) is 0 Å². The Balaban J connectivity index is 1.56. The van der Waals surface area contributed by atoms with E-state index in [0.29, 0.717) is 32.2 Å². The van der Waals surface area contributed by atoms with Crippen molar-refractivity contribution in [2.24, 2.45) is 4.99 Å². The Hall–Kier alpha value is -2.48.